The average Bonchev–Trinajstić information content (AvgIpc) is 2.21. The van der Waals surface area contributed by atoms with E-state index in [0.29, 0.717) is 12.5 Å². The highest BCUT2D eigenvalue weighted by molar-refractivity contribution is 6.30. The first-order valence-corrected chi connectivity index (χ1v) is 5.80. The molecule has 0 saturated heterocycles. The molecule has 88 valence electrons. The summed E-state index contributed by atoms with van der Waals surface area (Å²) >= 11 is 5.83. The van der Waals surface area contributed by atoms with Crippen LogP contribution in [0.3, 0.4) is 0 Å². The summed E-state index contributed by atoms with van der Waals surface area (Å²) in [4.78, 5) is 0. The second-order valence-electron chi connectivity index (χ2n) is 4.45. The van der Waals surface area contributed by atoms with E-state index in [-0.39, 0.29) is 5.41 Å². The Morgan fingerprint density at radius 2 is 1.88 bits per heavy atom. The molecule has 3 heteroatoms. The molecule has 0 unspecified atom stereocenters. The molecule has 0 heterocycles. The van der Waals surface area contributed by atoms with Gasteiger partial charge >= 0.3 is 0 Å². The SMILES string of the molecule is CCOC(=N)C(C)(C)Cc1ccc(Cl)cc1. The molecule has 0 bridgehead atoms. The van der Waals surface area contributed by atoms with Crippen LogP contribution in [0.5, 0.6) is 0 Å². The summed E-state index contributed by atoms with van der Waals surface area (Å²) in [6, 6.07) is 7.72. The van der Waals surface area contributed by atoms with Crippen LogP contribution in [0.15, 0.2) is 24.3 Å². The summed E-state index contributed by atoms with van der Waals surface area (Å²) in [7, 11) is 0. The van der Waals surface area contributed by atoms with Gasteiger partial charge in [-0.05, 0) is 31.0 Å². The lowest BCUT2D eigenvalue weighted by Gasteiger charge is -2.25. The Morgan fingerprint density at radius 3 is 2.38 bits per heavy atom. The molecule has 0 aromatic heterocycles. The van der Waals surface area contributed by atoms with E-state index >= 15 is 0 Å². The quantitative estimate of drug-likeness (QED) is 0.627. The van der Waals surface area contributed by atoms with Gasteiger partial charge in [-0.2, -0.15) is 0 Å². The predicted octanol–water partition coefficient (Wildman–Crippen LogP) is 3.92. The number of benzene rings is 1. The van der Waals surface area contributed by atoms with E-state index in [9.17, 15) is 0 Å². The monoisotopic (exact) mass is 239 g/mol. The maximum absolute atomic E-state index is 7.83. The molecule has 2 nitrogen and oxygen atoms in total. The number of hydrogen-bond donors (Lipinski definition) is 1. The van der Waals surface area contributed by atoms with Crippen LogP contribution < -0.4 is 0 Å². The van der Waals surface area contributed by atoms with Crippen LogP contribution in [0.1, 0.15) is 26.3 Å². The van der Waals surface area contributed by atoms with Crippen LogP contribution in [0.2, 0.25) is 5.02 Å². The van der Waals surface area contributed by atoms with Crippen molar-refractivity contribution in [3.05, 3.63) is 34.9 Å². The largest absolute Gasteiger partial charge is 0.481 e. The predicted molar refractivity (Wildman–Crippen MR) is 68.3 cm³/mol. The third kappa shape index (κ3) is 3.53. The summed E-state index contributed by atoms with van der Waals surface area (Å²) in [5.74, 6) is 0.338. The maximum Gasteiger partial charge on any atom is 0.186 e. The van der Waals surface area contributed by atoms with Gasteiger partial charge in [-0.15, -0.1) is 0 Å². The van der Waals surface area contributed by atoms with Crippen LogP contribution >= 0.6 is 11.6 Å². The van der Waals surface area contributed by atoms with Gasteiger partial charge in [0.25, 0.3) is 0 Å². The van der Waals surface area contributed by atoms with Gasteiger partial charge in [-0.1, -0.05) is 37.6 Å². The molecule has 1 aromatic carbocycles. The second kappa shape index (κ2) is 5.35. The minimum atomic E-state index is -0.274. The fourth-order valence-corrected chi connectivity index (χ4v) is 1.66. The third-order valence-electron chi connectivity index (χ3n) is 2.46. The van der Waals surface area contributed by atoms with E-state index in [1.807, 2.05) is 45.0 Å². The topological polar surface area (TPSA) is 33.1 Å². The lowest BCUT2D eigenvalue weighted by molar-refractivity contribution is 0.267. The van der Waals surface area contributed by atoms with Gasteiger partial charge in [0.2, 0.25) is 0 Å². The Kier molecular flexibility index (Phi) is 4.36. The zero-order valence-corrected chi connectivity index (χ0v) is 10.8. The van der Waals surface area contributed by atoms with Gasteiger partial charge in [0.15, 0.2) is 5.90 Å². The molecular weight excluding hydrogens is 222 g/mol. The van der Waals surface area contributed by atoms with E-state index < -0.39 is 0 Å². The molecule has 0 radical (unpaired) electrons. The Hall–Kier alpha value is -1.02. The highest BCUT2D eigenvalue weighted by Gasteiger charge is 2.25. The number of halogens is 1. The maximum atomic E-state index is 7.83. The van der Waals surface area contributed by atoms with Gasteiger partial charge in [0.1, 0.15) is 0 Å². The fourth-order valence-electron chi connectivity index (χ4n) is 1.53. The highest BCUT2D eigenvalue weighted by atomic mass is 35.5. The first kappa shape index (κ1) is 13.0. The molecule has 0 saturated carbocycles. The summed E-state index contributed by atoms with van der Waals surface area (Å²) < 4.78 is 5.26. The molecule has 0 fully saturated rings. The van der Waals surface area contributed by atoms with E-state index in [0.717, 1.165) is 11.4 Å². The molecule has 1 rings (SSSR count). The van der Waals surface area contributed by atoms with Crippen LogP contribution in [0.4, 0.5) is 0 Å². The van der Waals surface area contributed by atoms with Crippen molar-refractivity contribution in [1.29, 1.82) is 5.41 Å². The fraction of sp³-hybridized carbons (Fsp3) is 0.462. The van der Waals surface area contributed by atoms with Crippen molar-refractivity contribution in [2.75, 3.05) is 6.61 Å². The van der Waals surface area contributed by atoms with Gasteiger partial charge < -0.3 is 4.74 Å². The molecule has 0 aliphatic rings. The second-order valence-corrected chi connectivity index (χ2v) is 4.89. The highest BCUT2D eigenvalue weighted by Crippen LogP contribution is 2.24. The smallest absolute Gasteiger partial charge is 0.186 e. The molecule has 0 aliphatic heterocycles. The number of rotatable bonds is 4. The normalized spacial score (nSPS) is 11.2. The Bertz CT molecular complexity index is 357. The number of hydrogen-bond acceptors (Lipinski definition) is 2. The molecule has 16 heavy (non-hydrogen) atoms. The molecule has 0 amide bonds. The first-order valence-electron chi connectivity index (χ1n) is 5.42. The minimum Gasteiger partial charge on any atom is -0.481 e. The Morgan fingerprint density at radius 1 is 1.31 bits per heavy atom. The summed E-state index contributed by atoms with van der Waals surface area (Å²) in [6.45, 7) is 6.47. The summed E-state index contributed by atoms with van der Waals surface area (Å²) in [5, 5.41) is 8.57. The van der Waals surface area contributed by atoms with Crippen molar-refractivity contribution in [3.63, 3.8) is 0 Å². The molecule has 0 spiro atoms. The number of ether oxygens (including phenoxy) is 1. The Labute approximate surface area is 102 Å². The van der Waals surface area contributed by atoms with E-state index in [1.54, 1.807) is 0 Å². The molecular formula is C13H18ClNO. The van der Waals surface area contributed by atoms with Gasteiger partial charge in [-0.3, -0.25) is 5.41 Å². The molecule has 0 aliphatic carbocycles. The minimum absolute atomic E-state index is 0.274. The molecule has 0 atom stereocenters. The van der Waals surface area contributed by atoms with Crippen LogP contribution in [-0.4, -0.2) is 12.5 Å². The van der Waals surface area contributed by atoms with E-state index in [4.69, 9.17) is 21.7 Å². The van der Waals surface area contributed by atoms with Crippen molar-refractivity contribution < 1.29 is 4.74 Å². The zero-order chi connectivity index (χ0) is 12.2. The van der Waals surface area contributed by atoms with Gasteiger partial charge in [-0.25, -0.2) is 0 Å². The van der Waals surface area contributed by atoms with Gasteiger partial charge in [0.05, 0.1) is 6.61 Å². The van der Waals surface area contributed by atoms with Crippen molar-refractivity contribution in [2.45, 2.75) is 27.2 Å². The summed E-state index contributed by atoms with van der Waals surface area (Å²) in [5.41, 5.74) is 0.892. The summed E-state index contributed by atoms with van der Waals surface area (Å²) in [6.07, 6.45) is 0.781. The van der Waals surface area contributed by atoms with Crippen molar-refractivity contribution in [3.8, 4) is 0 Å². The molecule has 1 N–H and O–H groups in total. The number of nitrogens with one attached hydrogen (secondary N) is 1. The Balaban J connectivity index is 2.72. The average molecular weight is 240 g/mol. The zero-order valence-electron chi connectivity index (χ0n) is 10.0. The third-order valence-corrected chi connectivity index (χ3v) is 2.71. The van der Waals surface area contributed by atoms with Crippen LogP contribution in [-0.2, 0) is 11.2 Å². The molecule has 1 aromatic rings. The van der Waals surface area contributed by atoms with Crippen molar-refractivity contribution in [1.82, 2.24) is 0 Å². The van der Waals surface area contributed by atoms with Crippen LogP contribution in [0, 0.1) is 10.8 Å². The lowest BCUT2D eigenvalue weighted by Crippen LogP contribution is -2.28. The van der Waals surface area contributed by atoms with Crippen molar-refractivity contribution in [2.24, 2.45) is 5.41 Å². The van der Waals surface area contributed by atoms with E-state index in [2.05, 4.69) is 0 Å². The van der Waals surface area contributed by atoms with Crippen LogP contribution in [0.25, 0.3) is 0 Å². The standard InChI is InChI=1S/C13H18ClNO/c1-4-16-12(15)13(2,3)9-10-5-7-11(14)8-6-10/h5-8,15H,4,9H2,1-3H3. The lowest BCUT2D eigenvalue weighted by atomic mass is 9.85. The van der Waals surface area contributed by atoms with Gasteiger partial charge in [0, 0.05) is 10.4 Å². The first-order chi connectivity index (χ1) is 7.45. The van der Waals surface area contributed by atoms with Crippen molar-refractivity contribution >= 4 is 17.5 Å². The van der Waals surface area contributed by atoms with E-state index in [1.165, 1.54) is 5.56 Å².